The van der Waals surface area contributed by atoms with Gasteiger partial charge in [0.1, 0.15) is 24.2 Å². The summed E-state index contributed by atoms with van der Waals surface area (Å²) in [6, 6.07) is 5.44. The Morgan fingerprint density at radius 1 is 1.24 bits per heavy atom. The van der Waals surface area contributed by atoms with E-state index in [2.05, 4.69) is 11.6 Å². The summed E-state index contributed by atoms with van der Waals surface area (Å²) in [6.45, 7) is 7.70. The van der Waals surface area contributed by atoms with Gasteiger partial charge in [-0.15, -0.1) is 11.8 Å². The summed E-state index contributed by atoms with van der Waals surface area (Å²) in [5.41, 5.74) is 1.84. The van der Waals surface area contributed by atoms with Crippen LogP contribution in [0.15, 0.2) is 46.6 Å². The minimum absolute atomic E-state index is 0.0666. The molecule has 8 nitrogen and oxygen atoms in total. The smallest absolute Gasteiger partial charge is 0.350 e. The molecule has 1 unspecified atom stereocenters. The number of carbonyl (C=O) groups excluding carboxylic acids is 1. The van der Waals surface area contributed by atoms with Crippen LogP contribution in [0.25, 0.3) is 22.0 Å². The summed E-state index contributed by atoms with van der Waals surface area (Å²) in [7, 11) is 1.53. The zero-order chi connectivity index (χ0) is 27.0. The fourth-order valence-electron chi connectivity index (χ4n) is 5.07. The van der Waals surface area contributed by atoms with Gasteiger partial charge in [-0.3, -0.25) is 9.36 Å². The maximum atomic E-state index is 15.1. The van der Waals surface area contributed by atoms with E-state index in [0.29, 0.717) is 48.8 Å². The molecule has 5 rings (SSSR count). The number of nitrogens with zero attached hydrogens (tertiary/aromatic N) is 4. The topological polar surface area (TPSA) is 76.9 Å². The zero-order valence-electron chi connectivity index (χ0n) is 21.2. The van der Waals surface area contributed by atoms with E-state index >= 15 is 4.39 Å². The van der Waals surface area contributed by atoms with Gasteiger partial charge < -0.3 is 19.3 Å². The average molecular weight is 543 g/mol. The number of amides is 1. The molecule has 0 radical (unpaired) electrons. The van der Waals surface area contributed by atoms with Crippen LogP contribution in [-0.2, 0) is 20.8 Å². The molecule has 1 fully saturated rings. The number of rotatable bonds is 6. The Morgan fingerprint density at radius 2 is 2.00 bits per heavy atom. The summed E-state index contributed by atoms with van der Waals surface area (Å²) in [6.07, 6.45) is 0.950. The first-order valence-electron chi connectivity index (χ1n) is 12.3. The molecule has 0 spiro atoms. The van der Waals surface area contributed by atoms with Crippen molar-refractivity contribution in [2.24, 2.45) is 0 Å². The number of hydrogen-bond acceptors (Lipinski definition) is 7. The first-order chi connectivity index (χ1) is 18.3. The summed E-state index contributed by atoms with van der Waals surface area (Å²) in [4.78, 5) is 34.5. The second-order valence-electron chi connectivity index (χ2n) is 9.27. The van der Waals surface area contributed by atoms with Crippen molar-refractivity contribution in [3.8, 4) is 11.1 Å². The number of ether oxygens (including phenoxy) is 2. The molecule has 0 saturated carbocycles. The van der Waals surface area contributed by atoms with Gasteiger partial charge in [0.15, 0.2) is 0 Å². The second kappa shape index (κ2) is 10.8. The summed E-state index contributed by atoms with van der Waals surface area (Å²) in [5.74, 6) is -0.442. The lowest BCUT2D eigenvalue weighted by Gasteiger charge is -2.35. The molecule has 200 valence electrons. The highest BCUT2D eigenvalue weighted by molar-refractivity contribution is 7.99. The fourth-order valence-corrected chi connectivity index (χ4v) is 6.39. The first kappa shape index (κ1) is 26.3. The number of aromatic nitrogens is 2. The molecule has 11 heteroatoms. The molecule has 2 aliphatic rings. The lowest BCUT2D eigenvalue weighted by molar-refractivity contribution is -0.126. The Morgan fingerprint density at radius 3 is 2.68 bits per heavy atom. The lowest BCUT2D eigenvalue weighted by Crippen LogP contribution is -2.49. The van der Waals surface area contributed by atoms with Crippen LogP contribution < -0.4 is 10.6 Å². The van der Waals surface area contributed by atoms with Crippen LogP contribution in [0, 0.1) is 18.6 Å². The van der Waals surface area contributed by atoms with Gasteiger partial charge in [-0.1, -0.05) is 6.58 Å². The highest BCUT2D eigenvalue weighted by Gasteiger charge is 2.30. The van der Waals surface area contributed by atoms with Crippen LogP contribution in [0.4, 0.5) is 14.6 Å². The van der Waals surface area contributed by atoms with Crippen molar-refractivity contribution in [2.75, 3.05) is 50.7 Å². The van der Waals surface area contributed by atoms with Crippen molar-refractivity contribution >= 4 is 34.4 Å². The van der Waals surface area contributed by atoms with Gasteiger partial charge in [0.25, 0.3) is 0 Å². The van der Waals surface area contributed by atoms with E-state index in [1.807, 2.05) is 17.9 Å². The number of methoxy groups -OCH3 is 1. The van der Waals surface area contributed by atoms with Gasteiger partial charge in [-0.2, -0.15) is 4.98 Å². The van der Waals surface area contributed by atoms with Gasteiger partial charge >= 0.3 is 5.69 Å². The first-order valence-corrected chi connectivity index (χ1v) is 13.2. The number of carbonyl (C=O) groups is 1. The Bertz CT molecular complexity index is 1470. The molecule has 3 heterocycles. The Kier molecular flexibility index (Phi) is 7.51. The number of benzene rings is 2. The zero-order valence-corrected chi connectivity index (χ0v) is 22.0. The maximum Gasteiger partial charge on any atom is 0.350 e. The van der Waals surface area contributed by atoms with Crippen LogP contribution in [0.5, 0.6) is 0 Å². The quantitative estimate of drug-likeness (QED) is 0.348. The largest absolute Gasteiger partial charge is 0.359 e. The highest BCUT2D eigenvalue weighted by atomic mass is 32.2. The van der Waals surface area contributed by atoms with Crippen molar-refractivity contribution in [1.82, 2.24) is 14.5 Å². The third-order valence-electron chi connectivity index (χ3n) is 6.88. The van der Waals surface area contributed by atoms with E-state index < -0.39 is 17.3 Å². The van der Waals surface area contributed by atoms with Crippen LogP contribution in [0.1, 0.15) is 5.56 Å². The minimum atomic E-state index is -0.674. The Balaban J connectivity index is 1.69. The summed E-state index contributed by atoms with van der Waals surface area (Å²) >= 11 is 1.47. The monoisotopic (exact) mass is 542 g/mol. The number of aryl methyl sites for hydroxylation is 1. The molecule has 2 aliphatic heterocycles. The minimum Gasteiger partial charge on any atom is -0.359 e. The summed E-state index contributed by atoms with van der Waals surface area (Å²) < 4.78 is 41.3. The molecule has 1 aromatic heterocycles. The van der Waals surface area contributed by atoms with E-state index in [-0.39, 0.29) is 30.9 Å². The van der Waals surface area contributed by atoms with E-state index in [1.54, 1.807) is 9.47 Å². The van der Waals surface area contributed by atoms with Crippen molar-refractivity contribution in [2.45, 2.75) is 24.5 Å². The fraction of sp³-hybridized carbons (Fsp3) is 0.370. The lowest BCUT2D eigenvalue weighted by atomic mass is 9.97. The van der Waals surface area contributed by atoms with Crippen LogP contribution in [-0.4, -0.2) is 72.3 Å². The molecular weight excluding hydrogens is 514 g/mol. The van der Waals surface area contributed by atoms with Gasteiger partial charge in [-0.05, 0) is 36.8 Å². The molecule has 38 heavy (non-hydrogen) atoms. The standard InChI is InChI=1S/C27H28F2N4O4S/c1-4-22(34)31-7-9-32(10-8-31)26-20-11-16(2)23(19-6-5-17(28)12-21(19)29)25-24(20)33(27(35)30-26)13-18(14-38-25)37-15-36-3/h4-6,11-12,18H,1,7-10,13-15H2,2-3H3. The summed E-state index contributed by atoms with van der Waals surface area (Å²) in [5, 5.41) is 0.756. The van der Waals surface area contributed by atoms with Gasteiger partial charge in [0.2, 0.25) is 5.91 Å². The second-order valence-corrected chi connectivity index (χ2v) is 10.3. The molecule has 1 atom stereocenters. The van der Waals surface area contributed by atoms with Crippen LogP contribution in [0.3, 0.4) is 0 Å². The molecule has 1 amide bonds. The number of piperazine rings is 1. The van der Waals surface area contributed by atoms with Gasteiger partial charge in [0, 0.05) is 66.5 Å². The third kappa shape index (κ3) is 4.81. The Labute approximate surface area is 222 Å². The molecule has 0 aliphatic carbocycles. The molecule has 3 aromatic rings. The van der Waals surface area contributed by atoms with Crippen LogP contribution in [0.2, 0.25) is 0 Å². The van der Waals surface area contributed by atoms with E-state index in [4.69, 9.17) is 9.47 Å². The normalized spacial score (nSPS) is 17.5. The number of halogens is 2. The van der Waals surface area contributed by atoms with Crippen molar-refractivity contribution in [3.05, 3.63) is 64.6 Å². The number of anilines is 1. The highest BCUT2D eigenvalue weighted by Crippen LogP contribution is 2.44. The van der Waals surface area contributed by atoms with Crippen molar-refractivity contribution < 1.29 is 23.0 Å². The predicted octanol–water partition coefficient (Wildman–Crippen LogP) is 3.58. The van der Waals surface area contributed by atoms with Crippen molar-refractivity contribution in [3.63, 3.8) is 0 Å². The number of thioether (sulfide) groups is 1. The van der Waals surface area contributed by atoms with E-state index in [9.17, 15) is 14.0 Å². The number of hydrogen-bond donors (Lipinski definition) is 0. The van der Waals surface area contributed by atoms with Crippen LogP contribution >= 0.6 is 11.8 Å². The third-order valence-corrected chi connectivity index (χ3v) is 8.11. The van der Waals surface area contributed by atoms with E-state index in [1.165, 1.54) is 37.1 Å². The molecule has 0 bridgehead atoms. The van der Waals surface area contributed by atoms with Gasteiger partial charge in [-0.25, -0.2) is 13.6 Å². The predicted molar refractivity (Wildman–Crippen MR) is 143 cm³/mol. The molecular formula is C27H28F2N4O4S. The maximum absolute atomic E-state index is 15.1. The molecule has 0 N–H and O–H groups in total. The van der Waals surface area contributed by atoms with Gasteiger partial charge in [0.05, 0.1) is 18.2 Å². The molecule has 2 aromatic carbocycles. The van der Waals surface area contributed by atoms with E-state index in [0.717, 1.165) is 21.9 Å². The Hall–Kier alpha value is -3.28. The average Bonchev–Trinajstić information content (AvgIpc) is 3.10. The SMILES string of the molecule is C=CC(=O)N1CCN(c2nc(=O)n3c4c(c(-c5ccc(F)cc5F)c(C)cc24)SCC(OCOC)C3)CC1. The van der Waals surface area contributed by atoms with Crippen molar-refractivity contribution in [1.29, 1.82) is 0 Å². The molecule has 1 saturated heterocycles.